The van der Waals surface area contributed by atoms with Crippen LogP contribution in [0.25, 0.3) is 0 Å². The highest BCUT2D eigenvalue weighted by atomic mass is 16.6. The monoisotopic (exact) mass is 305 g/mol. The van der Waals surface area contributed by atoms with E-state index in [2.05, 4.69) is 5.32 Å². The van der Waals surface area contributed by atoms with Crippen LogP contribution in [-0.2, 0) is 0 Å². The van der Waals surface area contributed by atoms with Gasteiger partial charge in [-0.3, -0.25) is 14.9 Å². The Labute approximate surface area is 130 Å². The lowest BCUT2D eigenvalue weighted by Crippen LogP contribution is -2.46. The largest absolute Gasteiger partial charge is 0.336 e. The summed E-state index contributed by atoms with van der Waals surface area (Å²) in [5, 5.41) is 14.4. The molecule has 1 aliphatic heterocycles. The van der Waals surface area contributed by atoms with Crippen molar-refractivity contribution in [2.24, 2.45) is 0 Å². The molecule has 0 atom stereocenters. The molecule has 1 amide bonds. The summed E-state index contributed by atoms with van der Waals surface area (Å²) in [4.78, 5) is 25.4. The van der Waals surface area contributed by atoms with Gasteiger partial charge >= 0.3 is 0 Å². The quantitative estimate of drug-likeness (QED) is 0.670. The first-order valence-corrected chi connectivity index (χ1v) is 7.82. The first-order chi connectivity index (χ1) is 10.6. The summed E-state index contributed by atoms with van der Waals surface area (Å²) < 4.78 is 0. The van der Waals surface area contributed by atoms with Crippen molar-refractivity contribution in [2.75, 3.05) is 19.6 Å². The average Bonchev–Trinajstić information content (AvgIpc) is 2.52. The van der Waals surface area contributed by atoms with Crippen LogP contribution in [-0.4, -0.2) is 41.4 Å². The van der Waals surface area contributed by atoms with Gasteiger partial charge in [-0.15, -0.1) is 0 Å². The molecule has 1 N–H and O–H groups in total. The summed E-state index contributed by atoms with van der Waals surface area (Å²) >= 11 is 0. The molecule has 0 unspecified atom stereocenters. The summed E-state index contributed by atoms with van der Waals surface area (Å²) in [6.07, 6.45) is 2.74. The smallest absolute Gasteiger partial charge is 0.273 e. The third-order valence-corrected chi connectivity index (χ3v) is 4.21. The molecule has 1 aliphatic rings. The maximum Gasteiger partial charge on any atom is 0.273 e. The predicted octanol–water partition coefficient (Wildman–Crippen LogP) is 2.51. The van der Waals surface area contributed by atoms with Crippen LogP contribution < -0.4 is 5.32 Å². The van der Waals surface area contributed by atoms with E-state index in [9.17, 15) is 14.9 Å². The molecular weight excluding hydrogens is 282 g/mol. The van der Waals surface area contributed by atoms with E-state index in [1.54, 1.807) is 19.1 Å². The van der Waals surface area contributed by atoms with Gasteiger partial charge in [0.15, 0.2) is 0 Å². The second-order valence-electron chi connectivity index (χ2n) is 5.69. The van der Waals surface area contributed by atoms with Crippen molar-refractivity contribution in [3.63, 3.8) is 0 Å². The number of carbonyl (C=O) groups excluding carboxylic acids is 1. The first-order valence-electron chi connectivity index (χ1n) is 7.82. The fourth-order valence-electron chi connectivity index (χ4n) is 3.02. The molecule has 1 aromatic carbocycles. The lowest BCUT2D eigenvalue weighted by Gasteiger charge is -2.35. The van der Waals surface area contributed by atoms with Gasteiger partial charge in [0.25, 0.3) is 11.6 Å². The Morgan fingerprint density at radius 2 is 2.09 bits per heavy atom. The first kappa shape index (κ1) is 16.4. The van der Waals surface area contributed by atoms with Gasteiger partial charge < -0.3 is 10.2 Å². The van der Waals surface area contributed by atoms with Gasteiger partial charge in [-0.05, 0) is 45.3 Å². The Bertz CT molecular complexity index is 554. The van der Waals surface area contributed by atoms with Crippen LogP contribution in [0.1, 0.15) is 42.1 Å². The molecule has 1 fully saturated rings. The maximum atomic E-state index is 12.9. The molecule has 0 saturated carbocycles. The van der Waals surface area contributed by atoms with Crippen molar-refractivity contribution < 1.29 is 9.72 Å². The second kappa shape index (κ2) is 7.35. The lowest BCUT2D eigenvalue weighted by atomic mass is 10.0. The van der Waals surface area contributed by atoms with Gasteiger partial charge in [0.05, 0.1) is 4.92 Å². The summed E-state index contributed by atoms with van der Waals surface area (Å²) in [6, 6.07) is 4.94. The van der Waals surface area contributed by atoms with Crippen LogP contribution in [0, 0.1) is 17.0 Å². The SMILES string of the molecule is CCCN(C(=O)c1cccc([N+](=O)[O-])c1C)C1CCNCC1. The number of amides is 1. The van der Waals surface area contributed by atoms with E-state index in [1.165, 1.54) is 6.07 Å². The van der Waals surface area contributed by atoms with Crippen LogP contribution in [0.15, 0.2) is 18.2 Å². The summed E-state index contributed by atoms with van der Waals surface area (Å²) in [7, 11) is 0. The summed E-state index contributed by atoms with van der Waals surface area (Å²) in [5.74, 6) is -0.0880. The molecule has 0 spiro atoms. The topological polar surface area (TPSA) is 75.5 Å². The highest BCUT2D eigenvalue weighted by molar-refractivity contribution is 5.96. The number of carbonyl (C=O) groups is 1. The fraction of sp³-hybridized carbons (Fsp3) is 0.562. The van der Waals surface area contributed by atoms with Crippen molar-refractivity contribution in [3.8, 4) is 0 Å². The van der Waals surface area contributed by atoms with Crippen molar-refractivity contribution in [1.82, 2.24) is 10.2 Å². The second-order valence-corrected chi connectivity index (χ2v) is 5.69. The zero-order valence-electron chi connectivity index (χ0n) is 13.2. The molecule has 6 nitrogen and oxygen atoms in total. The number of nitrogens with one attached hydrogen (secondary N) is 1. The molecule has 1 saturated heterocycles. The predicted molar refractivity (Wildman–Crippen MR) is 85.1 cm³/mol. The number of benzene rings is 1. The molecule has 0 aliphatic carbocycles. The zero-order valence-corrected chi connectivity index (χ0v) is 13.2. The molecule has 22 heavy (non-hydrogen) atoms. The van der Waals surface area contributed by atoms with E-state index >= 15 is 0 Å². The molecule has 0 bridgehead atoms. The average molecular weight is 305 g/mol. The van der Waals surface area contributed by atoms with Gasteiger partial charge in [-0.1, -0.05) is 13.0 Å². The molecule has 6 heteroatoms. The van der Waals surface area contributed by atoms with E-state index in [-0.39, 0.29) is 17.6 Å². The molecule has 0 aromatic heterocycles. The molecule has 1 aromatic rings. The molecule has 0 radical (unpaired) electrons. The van der Waals surface area contributed by atoms with Crippen LogP contribution in [0.5, 0.6) is 0 Å². The molecule has 120 valence electrons. The Kier molecular flexibility index (Phi) is 5.49. The van der Waals surface area contributed by atoms with E-state index in [1.807, 2.05) is 11.8 Å². The minimum atomic E-state index is -0.430. The van der Waals surface area contributed by atoms with E-state index in [4.69, 9.17) is 0 Å². The van der Waals surface area contributed by atoms with Gasteiger partial charge in [0, 0.05) is 29.8 Å². The van der Waals surface area contributed by atoms with Crippen molar-refractivity contribution in [3.05, 3.63) is 39.4 Å². The Morgan fingerprint density at radius 3 is 2.68 bits per heavy atom. The third-order valence-electron chi connectivity index (χ3n) is 4.21. The van der Waals surface area contributed by atoms with E-state index < -0.39 is 4.92 Å². The van der Waals surface area contributed by atoms with Gasteiger partial charge in [0.2, 0.25) is 0 Å². The molecule has 1 heterocycles. The van der Waals surface area contributed by atoms with Crippen molar-refractivity contribution in [1.29, 1.82) is 0 Å². The van der Waals surface area contributed by atoms with Crippen LogP contribution >= 0.6 is 0 Å². The number of nitro benzene ring substituents is 1. The normalized spacial score (nSPS) is 15.5. The molecule has 2 rings (SSSR count). The Morgan fingerprint density at radius 1 is 1.41 bits per heavy atom. The number of nitro groups is 1. The van der Waals surface area contributed by atoms with Crippen LogP contribution in [0.4, 0.5) is 5.69 Å². The minimum Gasteiger partial charge on any atom is -0.336 e. The van der Waals surface area contributed by atoms with Crippen LogP contribution in [0.3, 0.4) is 0 Å². The van der Waals surface area contributed by atoms with Crippen molar-refractivity contribution in [2.45, 2.75) is 39.2 Å². The van der Waals surface area contributed by atoms with E-state index in [0.717, 1.165) is 32.4 Å². The fourth-order valence-corrected chi connectivity index (χ4v) is 3.02. The Balaban J connectivity index is 2.30. The minimum absolute atomic E-state index is 0.00705. The zero-order chi connectivity index (χ0) is 16.1. The van der Waals surface area contributed by atoms with Crippen LogP contribution in [0.2, 0.25) is 0 Å². The number of nitrogens with zero attached hydrogens (tertiary/aromatic N) is 2. The summed E-state index contributed by atoms with van der Waals surface area (Å²) in [5.41, 5.74) is 0.904. The van der Waals surface area contributed by atoms with Crippen molar-refractivity contribution >= 4 is 11.6 Å². The van der Waals surface area contributed by atoms with E-state index in [0.29, 0.717) is 17.7 Å². The van der Waals surface area contributed by atoms with Gasteiger partial charge in [-0.25, -0.2) is 0 Å². The highest BCUT2D eigenvalue weighted by Gasteiger charge is 2.28. The maximum absolute atomic E-state index is 12.9. The Hall–Kier alpha value is -1.95. The highest BCUT2D eigenvalue weighted by Crippen LogP contribution is 2.24. The number of hydrogen-bond donors (Lipinski definition) is 1. The number of piperidine rings is 1. The third kappa shape index (κ3) is 3.44. The van der Waals surface area contributed by atoms with Gasteiger partial charge in [0.1, 0.15) is 0 Å². The number of hydrogen-bond acceptors (Lipinski definition) is 4. The number of rotatable bonds is 5. The van der Waals surface area contributed by atoms with Gasteiger partial charge in [-0.2, -0.15) is 0 Å². The molecular formula is C16H23N3O3. The lowest BCUT2D eigenvalue weighted by molar-refractivity contribution is -0.385. The standard InChI is InChI=1S/C16H23N3O3/c1-3-11-18(13-7-9-17-10-8-13)16(20)14-5-4-6-15(12(14)2)19(21)22/h4-6,13,17H,3,7-11H2,1-2H3. The summed E-state index contributed by atoms with van der Waals surface area (Å²) in [6.45, 7) is 6.20.